The first-order chi connectivity index (χ1) is 5.63. The maximum atomic E-state index is 5.62. The minimum Gasteiger partial charge on any atom is -0.382 e. The third-order valence-corrected chi connectivity index (χ3v) is 1.20. The first-order valence-corrected chi connectivity index (χ1v) is 3.74. The molecular formula is C9H15N3. The van der Waals surface area contributed by atoms with E-state index >= 15 is 0 Å². The molecule has 0 aliphatic heterocycles. The van der Waals surface area contributed by atoms with Crippen LogP contribution in [0.15, 0.2) is 34.0 Å². The predicted octanol–water partition coefficient (Wildman–Crippen LogP) is 1.87. The third-order valence-electron chi connectivity index (χ3n) is 1.20. The summed E-state index contributed by atoms with van der Waals surface area (Å²) in [5.74, 6) is 0.406. The Morgan fingerprint density at radius 2 is 2.00 bits per heavy atom. The number of allylic oxidation sites excluding steroid dienone is 1. The minimum absolute atomic E-state index is 0.406. The van der Waals surface area contributed by atoms with Gasteiger partial charge < -0.3 is 5.73 Å². The Bertz CT molecular complexity index is 242. The summed E-state index contributed by atoms with van der Waals surface area (Å²) in [6.07, 6.45) is 3.09. The van der Waals surface area contributed by atoms with Gasteiger partial charge in [0.1, 0.15) is 11.5 Å². The molecule has 0 aromatic carbocycles. The fraction of sp³-hybridized carbons (Fsp3) is 0.333. The van der Waals surface area contributed by atoms with Crippen LogP contribution in [-0.2, 0) is 0 Å². The molecule has 0 amide bonds. The van der Waals surface area contributed by atoms with E-state index in [1.807, 2.05) is 20.8 Å². The molecule has 0 aromatic rings. The van der Waals surface area contributed by atoms with E-state index in [2.05, 4.69) is 16.6 Å². The molecule has 0 aliphatic carbocycles. The molecular weight excluding hydrogens is 150 g/mol. The smallest absolute Gasteiger partial charge is 0.149 e. The van der Waals surface area contributed by atoms with E-state index in [1.165, 1.54) is 6.20 Å². The average molecular weight is 165 g/mol. The number of nitrogens with zero attached hydrogens (tertiary/aromatic N) is 2. The number of amidine groups is 1. The van der Waals surface area contributed by atoms with Crippen molar-refractivity contribution in [2.24, 2.45) is 15.7 Å². The Labute approximate surface area is 73.4 Å². The van der Waals surface area contributed by atoms with E-state index in [9.17, 15) is 0 Å². The van der Waals surface area contributed by atoms with Crippen molar-refractivity contribution in [2.75, 3.05) is 0 Å². The fourth-order valence-corrected chi connectivity index (χ4v) is 0.740. The van der Waals surface area contributed by atoms with Gasteiger partial charge in [-0.1, -0.05) is 6.58 Å². The largest absolute Gasteiger partial charge is 0.382 e. The maximum absolute atomic E-state index is 5.62. The molecule has 0 fully saturated rings. The van der Waals surface area contributed by atoms with Gasteiger partial charge >= 0.3 is 0 Å². The van der Waals surface area contributed by atoms with Crippen LogP contribution in [0.2, 0.25) is 0 Å². The zero-order valence-electron chi connectivity index (χ0n) is 7.83. The lowest BCUT2D eigenvalue weighted by atomic mass is 10.2. The van der Waals surface area contributed by atoms with Crippen molar-refractivity contribution in [1.29, 1.82) is 0 Å². The van der Waals surface area contributed by atoms with Gasteiger partial charge in [0.05, 0.1) is 0 Å². The molecule has 0 atom stereocenters. The molecule has 0 unspecified atom stereocenters. The van der Waals surface area contributed by atoms with Crippen molar-refractivity contribution in [1.82, 2.24) is 0 Å². The highest BCUT2D eigenvalue weighted by molar-refractivity contribution is 5.98. The van der Waals surface area contributed by atoms with Crippen LogP contribution in [0.25, 0.3) is 0 Å². The van der Waals surface area contributed by atoms with Gasteiger partial charge in [-0.25, -0.2) is 4.99 Å². The van der Waals surface area contributed by atoms with Gasteiger partial charge in [-0.15, -0.1) is 0 Å². The number of hydrogen-bond donors (Lipinski definition) is 1. The van der Waals surface area contributed by atoms with Crippen molar-refractivity contribution in [3.05, 3.63) is 24.0 Å². The van der Waals surface area contributed by atoms with Gasteiger partial charge in [0.15, 0.2) is 0 Å². The molecule has 0 aliphatic rings. The fourth-order valence-electron chi connectivity index (χ4n) is 0.740. The second-order valence-electron chi connectivity index (χ2n) is 2.43. The highest BCUT2D eigenvalue weighted by Crippen LogP contribution is 2.04. The minimum atomic E-state index is 0.406. The van der Waals surface area contributed by atoms with Gasteiger partial charge in [0.2, 0.25) is 0 Å². The first-order valence-electron chi connectivity index (χ1n) is 3.74. The average Bonchev–Trinajstić information content (AvgIpc) is 1.99. The van der Waals surface area contributed by atoms with Crippen LogP contribution >= 0.6 is 0 Å². The molecule has 0 rings (SSSR count). The lowest BCUT2D eigenvalue weighted by Crippen LogP contribution is -2.14. The second kappa shape index (κ2) is 5.29. The summed E-state index contributed by atoms with van der Waals surface area (Å²) >= 11 is 0. The van der Waals surface area contributed by atoms with Crippen molar-refractivity contribution in [2.45, 2.75) is 20.8 Å². The van der Waals surface area contributed by atoms with E-state index in [-0.39, 0.29) is 0 Å². The van der Waals surface area contributed by atoms with Crippen molar-refractivity contribution >= 4 is 12.1 Å². The summed E-state index contributed by atoms with van der Waals surface area (Å²) in [6, 6.07) is 0. The van der Waals surface area contributed by atoms with Crippen LogP contribution in [-0.4, -0.2) is 12.1 Å². The van der Waals surface area contributed by atoms with Crippen molar-refractivity contribution in [3.63, 3.8) is 0 Å². The normalized spacial score (nSPS) is 11.8. The van der Waals surface area contributed by atoms with Crippen LogP contribution in [0.5, 0.6) is 0 Å². The van der Waals surface area contributed by atoms with E-state index < -0.39 is 0 Å². The zero-order chi connectivity index (χ0) is 9.56. The van der Waals surface area contributed by atoms with Crippen molar-refractivity contribution < 1.29 is 0 Å². The number of hydrogen-bond acceptors (Lipinski definition) is 2. The molecule has 2 N–H and O–H groups in total. The Hall–Kier alpha value is -1.38. The Balaban J connectivity index is 4.90. The number of rotatable bonds is 3. The molecule has 3 heteroatoms. The first kappa shape index (κ1) is 10.6. The molecule has 0 heterocycles. The van der Waals surface area contributed by atoms with E-state index in [1.54, 1.807) is 6.21 Å². The summed E-state index contributed by atoms with van der Waals surface area (Å²) in [5, 5.41) is 0. The molecule has 12 heavy (non-hydrogen) atoms. The summed E-state index contributed by atoms with van der Waals surface area (Å²) in [7, 11) is 0. The van der Waals surface area contributed by atoms with Gasteiger partial charge in [-0.05, 0) is 26.3 Å². The standard InChI is InChI=1S/C9H15N3/c1-5-11-8(7(3)4)9(10)12-6-2/h5-6H,2H2,1,3-4H3,(H2,10,12)/b11-5-. The Morgan fingerprint density at radius 1 is 1.42 bits per heavy atom. The Kier molecular flexibility index (Phi) is 4.69. The summed E-state index contributed by atoms with van der Waals surface area (Å²) in [5.41, 5.74) is 7.38. The molecule has 0 radical (unpaired) electrons. The van der Waals surface area contributed by atoms with Crippen LogP contribution in [0.4, 0.5) is 0 Å². The highest BCUT2D eigenvalue weighted by Gasteiger charge is 2.00. The summed E-state index contributed by atoms with van der Waals surface area (Å²) < 4.78 is 0. The maximum Gasteiger partial charge on any atom is 0.149 e. The zero-order valence-corrected chi connectivity index (χ0v) is 7.83. The lowest BCUT2D eigenvalue weighted by molar-refractivity contribution is 1.26. The molecule has 0 saturated heterocycles. The van der Waals surface area contributed by atoms with Gasteiger partial charge in [-0.3, -0.25) is 4.99 Å². The van der Waals surface area contributed by atoms with E-state index in [0.717, 1.165) is 11.3 Å². The molecule has 0 aromatic heterocycles. The molecule has 66 valence electrons. The number of nitrogens with two attached hydrogens (primary N) is 1. The van der Waals surface area contributed by atoms with Crippen LogP contribution in [0.3, 0.4) is 0 Å². The molecule has 0 bridgehead atoms. The van der Waals surface area contributed by atoms with Gasteiger partial charge in [0, 0.05) is 12.4 Å². The third kappa shape index (κ3) is 3.14. The summed E-state index contributed by atoms with van der Waals surface area (Å²) in [6.45, 7) is 9.17. The van der Waals surface area contributed by atoms with Crippen molar-refractivity contribution in [3.8, 4) is 0 Å². The monoisotopic (exact) mass is 165 g/mol. The van der Waals surface area contributed by atoms with Crippen LogP contribution < -0.4 is 5.73 Å². The molecule has 0 spiro atoms. The van der Waals surface area contributed by atoms with Crippen LogP contribution in [0, 0.1) is 0 Å². The van der Waals surface area contributed by atoms with Gasteiger partial charge in [0.25, 0.3) is 0 Å². The highest BCUT2D eigenvalue weighted by atomic mass is 14.9. The quantitative estimate of drug-likeness (QED) is 0.503. The van der Waals surface area contributed by atoms with E-state index in [0.29, 0.717) is 5.84 Å². The molecule has 0 saturated carbocycles. The summed E-state index contributed by atoms with van der Waals surface area (Å²) in [4.78, 5) is 7.94. The topological polar surface area (TPSA) is 50.7 Å². The number of aliphatic imine (C=N–C) groups is 2. The predicted molar refractivity (Wildman–Crippen MR) is 54.4 cm³/mol. The molecule has 3 nitrogen and oxygen atoms in total. The SMILES string of the molecule is C=C/N=C(/N)C(/N=C\C)=C(C)C. The van der Waals surface area contributed by atoms with Gasteiger partial charge in [-0.2, -0.15) is 0 Å². The van der Waals surface area contributed by atoms with Crippen LogP contribution in [0.1, 0.15) is 20.8 Å². The Morgan fingerprint density at radius 3 is 2.33 bits per heavy atom. The van der Waals surface area contributed by atoms with E-state index in [4.69, 9.17) is 5.73 Å². The lowest BCUT2D eigenvalue weighted by Gasteiger charge is -2.01. The second-order valence-corrected chi connectivity index (χ2v) is 2.43.